The fraction of sp³-hybridized carbons (Fsp3) is 0.120. The van der Waals surface area contributed by atoms with E-state index in [4.69, 9.17) is 0 Å². The maximum absolute atomic E-state index is 14.2. The van der Waals surface area contributed by atoms with Gasteiger partial charge < -0.3 is 14.3 Å². The van der Waals surface area contributed by atoms with Crippen LogP contribution in [0.1, 0.15) is 27.4 Å². The van der Waals surface area contributed by atoms with Gasteiger partial charge in [0.25, 0.3) is 0 Å². The SMILES string of the molecule is Cc1nc2c3c(c(C(F)(F)F)cc2n1C)-c1cccn2c(C(=O)c4cc(F)c(F)c(F)c4)cc(c12)N3. The van der Waals surface area contributed by atoms with Crippen LogP contribution in [-0.4, -0.2) is 19.7 Å². The van der Waals surface area contributed by atoms with Gasteiger partial charge >= 0.3 is 6.18 Å². The van der Waals surface area contributed by atoms with Crippen LogP contribution < -0.4 is 5.32 Å². The molecule has 1 N–H and O–H groups in total. The average Bonchev–Trinajstić information content (AvgIpc) is 3.34. The molecule has 0 fully saturated rings. The van der Waals surface area contributed by atoms with Crippen molar-refractivity contribution in [2.75, 3.05) is 5.32 Å². The summed E-state index contributed by atoms with van der Waals surface area (Å²) in [6.45, 7) is 1.67. The lowest BCUT2D eigenvalue weighted by molar-refractivity contribution is -0.137. The van der Waals surface area contributed by atoms with Crippen LogP contribution in [0.3, 0.4) is 0 Å². The lowest BCUT2D eigenvalue weighted by atomic mass is 9.93. The van der Waals surface area contributed by atoms with Crippen LogP contribution in [0.15, 0.2) is 42.6 Å². The summed E-state index contributed by atoms with van der Waals surface area (Å²) in [5, 5.41) is 3.00. The molecule has 3 aromatic heterocycles. The first-order chi connectivity index (χ1) is 17.0. The van der Waals surface area contributed by atoms with E-state index in [0.717, 1.165) is 6.07 Å². The van der Waals surface area contributed by atoms with Gasteiger partial charge in [-0.1, -0.05) is 6.07 Å². The maximum Gasteiger partial charge on any atom is 0.417 e. The van der Waals surface area contributed by atoms with Crippen molar-refractivity contribution in [1.29, 1.82) is 0 Å². The van der Waals surface area contributed by atoms with Crippen LogP contribution in [-0.2, 0) is 13.2 Å². The predicted molar refractivity (Wildman–Crippen MR) is 120 cm³/mol. The number of carbonyl (C=O) groups excluding carboxylic acids is 1. The minimum absolute atomic E-state index is 0.0745. The van der Waals surface area contributed by atoms with Gasteiger partial charge in [0.2, 0.25) is 5.78 Å². The Morgan fingerprint density at radius 2 is 1.75 bits per heavy atom. The minimum atomic E-state index is -4.70. The van der Waals surface area contributed by atoms with E-state index in [1.807, 2.05) is 0 Å². The van der Waals surface area contributed by atoms with E-state index >= 15 is 0 Å². The number of hydrogen-bond donors (Lipinski definition) is 1. The molecular formula is C25H14F6N4O. The van der Waals surface area contributed by atoms with Crippen molar-refractivity contribution in [3.63, 3.8) is 0 Å². The molecule has 0 radical (unpaired) electrons. The first-order valence-electron chi connectivity index (χ1n) is 10.6. The summed E-state index contributed by atoms with van der Waals surface area (Å²) >= 11 is 0. The Balaban J connectivity index is 1.64. The lowest BCUT2D eigenvalue weighted by Crippen LogP contribution is -2.12. The van der Waals surface area contributed by atoms with Crippen LogP contribution >= 0.6 is 0 Å². The number of aryl methyl sites for hydroxylation is 2. The highest BCUT2D eigenvalue weighted by Gasteiger charge is 2.39. The van der Waals surface area contributed by atoms with Crippen molar-refractivity contribution >= 4 is 33.7 Å². The smallest absolute Gasteiger partial charge is 0.351 e. The highest BCUT2D eigenvalue weighted by molar-refractivity contribution is 6.15. The van der Waals surface area contributed by atoms with Gasteiger partial charge in [-0.3, -0.25) is 4.79 Å². The number of halogens is 6. The molecule has 5 aromatic rings. The fourth-order valence-electron chi connectivity index (χ4n) is 4.76. The van der Waals surface area contributed by atoms with E-state index in [2.05, 4.69) is 10.3 Å². The molecule has 0 saturated carbocycles. The highest BCUT2D eigenvalue weighted by Crippen LogP contribution is 2.51. The second kappa shape index (κ2) is 7.12. The molecule has 1 aliphatic heterocycles. The molecule has 2 aromatic carbocycles. The Morgan fingerprint density at radius 3 is 2.42 bits per heavy atom. The van der Waals surface area contributed by atoms with E-state index in [1.165, 1.54) is 28.8 Å². The summed E-state index contributed by atoms with van der Waals surface area (Å²) in [4.78, 5) is 17.6. The molecular weight excluding hydrogens is 486 g/mol. The number of aromatic nitrogens is 3. The quantitative estimate of drug-likeness (QED) is 0.167. The number of benzene rings is 2. The van der Waals surface area contributed by atoms with Crippen molar-refractivity contribution in [3.05, 3.63) is 82.7 Å². The normalized spacial score (nSPS) is 12.8. The Bertz CT molecular complexity index is 1760. The topological polar surface area (TPSA) is 51.3 Å². The van der Waals surface area contributed by atoms with Crippen LogP contribution in [0.2, 0.25) is 0 Å². The van der Waals surface area contributed by atoms with Crippen LogP contribution in [0.5, 0.6) is 0 Å². The molecule has 182 valence electrons. The van der Waals surface area contributed by atoms with E-state index in [9.17, 15) is 31.1 Å². The zero-order chi connectivity index (χ0) is 25.7. The van der Waals surface area contributed by atoms with Gasteiger partial charge in [-0.15, -0.1) is 0 Å². The molecule has 5 nitrogen and oxygen atoms in total. The fourth-order valence-corrected chi connectivity index (χ4v) is 4.76. The number of nitrogens with one attached hydrogen (secondary N) is 1. The second-order valence-electron chi connectivity index (χ2n) is 8.55. The first kappa shape index (κ1) is 22.2. The zero-order valence-electron chi connectivity index (χ0n) is 18.6. The molecule has 0 aliphatic carbocycles. The van der Waals surface area contributed by atoms with E-state index in [1.54, 1.807) is 18.5 Å². The van der Waals surface area contributed by atoms with Crippen LogP contribution in [0, 0.1) is 24.4 Å². The van der Waals surface area contributed by atoms with Crippen molar-refractivity contribution in [1.82, 2.24) is 14.0 Å². The summed E-state index contributed by atoms with van der Waals surface area (Å²) in [6, 6.07) is 6.55. The van der Waals surface area contributed by atoms with Crippen molar-refractivity contribution < 1.29 is 31.1 Å². The average molecular weight is 500 g/mol. The molecule has 0 amide bonds. The third kappa shape index (κ3) is 2.91. The van der Waals surface area contributed by atoms with E-state index in [0.29, 0.717) is 29.2 Å². The molecule has 4 heterocycles. The van der Waals surface area contributed by atoms with Crippen LogP contribution in [0.4, 0.5) is 37.7 Å². The number of carbonyl (C=O) groups is 1. The summed E-state index contributed by atoms with van der Waals surface area (Å²) in [5.74, 6) is -5.10. The summed E-state index contributed by atoms with van der Waals surface area (Å²) < 4.78 is 86.6. The molecule has 0 saturated heterocycles. The molecule has 11 heteroatoms. The number of ketones is 1. The number of alkyl halides is 3. The number of fused-ring (bicyclic) bond motifs is 4. The van der Waals surface area contributed by atoms with Crippen molar-refractivity contribution in [2.24, 2.45) is 7.05 Å². The van der Waals surface area contributed by atoms with Gasteiger partial charge in [0, 0.05) is 29.9 Å². The second-order valence-corrected chi connectivity index (χ2v) is 8.55. The Hall–Kier alpha value is -4.28. The van der Waals surface area contributed by atoms with Gasteiger partial charge in [-0.2, -0.15) is 13.2 Å². The first-order valence-corrected chi connectivity index (χ1v) is 10.6. The predicted octanol–water partition coefficient (Wildman–Crippen LogP) is 6.53. The highest BCUT2D eigenvalue weighted by atomic mass is 19.4. The molecule has 0 spiro atoms. The zero-order valence-corrected chi connectivity index (χ0v) is 18.6. The monoisotopic (exact) mass is 500 g/mol. The van der Waals surface area contributed by atoms with Crippen molar-refractivity contribution in [2.45, 2.75) is 13.1 Å². The number of anilines is 2. The van der Waals surface area contributed by atoms with Gasteiger partial charge in [-0.05, 0) is 37.3 Å². The third-order valence-corrected chi connectivity index (χ3v) is 6.50. The number of imidazole rings is 1. The van der Waals surface area contributed by atoms with Gasteiger partial charge in [0.1, 0.15) is 11.3 Å². The van der Waals surface area contributed by atoms with Gasteiger partial charge in [0.15, 0.2) is 17.5 Å². The molecule has 0 atom stereocenters. The minimum Gasteiger partial charge on any atom is -0.351 e. The Morgan fingerprint density at radius 1 is 1.06 bits per heavy atom. The third-order valence-electron chi connectivity index (χ3n) is 6.50. The molecule has 1 aliphatic rings. The number of hydrogen-bond acceptors (Lipinski definition) is 3. The number of nitrogens with zero attached hydrogens (tertiary/aromatic N) is 3. The Kier molecular flexibility index (Phi) is 4.39. The maximum atomic E-state index is 14.2. The Labute approximate surface area is 198 Å². The number of rotatable bonds is 2. The largest absolute Gasteiger partial charge is 0.417 e. The summed E-state index contributed by atoms with van der Waals surface area (Å²) in [7, 11) is 1.61. The van der Waals surface area contributed by atoms with Gasteiger partial charge in [0.05, 0.1) is 33.7 Å². The number of pyridine rings is 1. The molecule has 0 bridgehead atoms. The van der Waals surface area contributed by atoms with E-state index in [-0.39, 0.29) is 33.5 Å². The summed E-state index contributed by atoms with van der Waals surface area (Å²) in [5.41, 5.74) is -0.00732. The van der Waals surface area contributed by atoms with Crippen LogP contribution in [0.25, 0.3) is 27.7 Å². The molecule has 0 unspecified atom stereocenters. The molecule has 36 heavy (non-hydrogen) atoms. The lowest BCUT2D eigenvalue weighted by Gasteiger charge is -2.24. The standard InChI is InChI=1S/C25H14F6N4O/c1-10-32-21-17(34(10)2)8-13(25(29,30)31)19-12-4-3-5-35-18(9-16(23(12)35)33-22(19)21)24(36)11-6-14(26)20(28)15(27)7-11/h3-9,33H,1-2H3. The van der Waals surface area contributed by atoms with Gasteiger partial charge in [-0.25, -0.2) is 18.2 Å². The van der Waals surface area contributed by atoms with Crippen molar-refractivity contribution in [3.8, 4) is 11.1 Å². The molecule has 6 rings (SSSR count). The summed E-state index contributed by atoms with van der Waals surface area (Å²) in [6.07, 6.45) is -3.24. The van der Waals surface area contributed by atoms with E-state index < -0.39 is 40.5 Å².